The summed E-state index contributed by atoms with van der Waals surface area (Å²) < 4.78 is 16.2. The number of hydrogen-bond acceptors (Lipinski definition) is 3. The molecule has 0 spiro atoms. The highest BCUT2D eigenvalue weighted by atomic mass is 28.4. The van der Waals surface area contributed by atoms with E-state index in [4.69, 9.17) is 13.3 Å². The van der Waals surface area contributed by atoms with Crippen LogP contribution in [0.15, 0.2) is 30.8 Å². The fourth-order valence-electron chi connectivity index (χ4n) is 1.89. The van der Waals surface area contributed by atoms with Crippen LogP contribution >= 0.6 is 0 Å². The monoisotopic (exact) mass is 266 g/mol. The molecule has 0 aromatic heterocycles. The molecule has 100 valence electrons. The van der Waals surface area contributed by atoms with Gasteiger partial charge in [-0.2, -0.15) is 0 Å². The van der Waals surface area contributed by atoms with Gasteiger partial charge in [-0.05, 0) is 24.0 Å². The van der Waals surface area contributed by atoms with E-state index >= 15 is 0 Å². The zero-order chi connectivity index (χ0) is 13.4. The van der Waals surface area contributed by atoms with Crippen molar-refractivity contribution in [3.05, 3.63) is 42.0 Å². The normalized spacial score (nSPS) is 11.5. The maximum Gasteiger partial charge on any atom is 0.500 e. The van der Waals surface area contributed by atoms with Crippen LogP contribution in [0.1, 0.15) is 17.5 Å². The van der Waals surface area contributed by atoms with E-state index in [0.29, 0.717) is 0 Å². The molecule has 1 aromatic rings. The molecule has 0 atom stereocenters. The molecular weight excluding hydrogens is 244 g/mol. The van der Waals surface area contributed by atoms with Crippen LogP contribution in [0.5, 0.6) is 0 Å². The Balaban J connectivity index is 2.47. The van der Waals surface area contributed by atoms with Gasteiger partial charge in [0.2, 0.25) is 0 Å². The minimum atomic E-state index is -2.41. The minimum absolute atomic E-state index is 0.833. The van der Waals surface area contributed by atoms with Crippen molar-refractivity contribution in [1.29, 1.82) is 0 Å². The third kappa shape index (κ3) is 4.06. The van der Waals surface area contributed by atoms with Crippen molar-refractivity contribution in [1.82, 2.24) is 0 Å². The lowest BCUT2D eigenvalue weighted by atomic mass is 10.1. The van der Waals surface area contributed by atoms with Crippen molar-refractivity contribution in [2.24, 2.45) is 0 Å². The van der Waals surface area contributed by atoms with Crippen molar-refractivity contribution >= 4 is 14.9 Å². The highest BCUT2D eigenvalue weighted by Gasteiger charge is 2.36. The lowest BCUT2D eigenvalue weighted by Gasteiger charge is -2.24. The van der Waals surface area contributed by atoms with Crippen molar-refractivity contribution < 1.29 is 13.3 Å². The van der Waals surface area contributed by atoms with Crippen molar-refractivity contribution in [2.75, 3.05) is 21.3 Å². The van der Waals surface area contributed by atoms with Gasteiger partial charge in [-0.25, -0.2) is 0 Å². The Bertz CT molecular complexity index is 350. The number of aryl methyl sites for hydroxylation is 1. The molecule has 0 aliphatic heterocycles. The lowest BCUT2D eigenvalue weighted by molar-refractivity contribution is 0.123. The van der Waals surface area contributed by atoms with E-state index in [0.717, 1.165) is 24.4 Å². The summed E-state index contributed by atoms with van der Waals surface area (Å²) in [5.41, 5.74) is 2.46. The van der Waals surface area contributed by atoms with Crippen LogP contribution in [0.3, 0.4) is 0 Å². The molecular formula is C14H22O3Si. The topological polar surface area (TPSA) is 27.7 Å². The summed E-state index contributed by atoms with van der Waals surface area (Å²) in [5.74, 6) is 0. The van der Waals surface area contributed by atoms with Crippen molar-refractivity contribution in [3.63, 3.8) is 0 Å². The second-order valence-electron chi connectivity index (χ2n) is 4.09. The largest absolute Gasteiger partial charge is 0.500 e. The highest BCUT2D eigenvalue weighted by molar-refractivity contribution is 6.60. The SMILES string of the molecule is C=Cc1ccc(CCC[Si](OC)(OC)OC)cc1. The van der Waals surface area contributed by atoms with Gasteiger partial charge in [0.25, 0.3) is 0 Å². The lowest BCUT2D eigenvalue weighted by Crippen LogP contribution is -2.42. The molecule has 0 saturated carbocycles. The van der Waals surface area contributed by atoms with Crippen LogP contribution in [-0.4, -0.2) is 30.1 Å². The standard InChI is InChI=1S/C14H22O3Si/c1-5-13-8-10-14(11-9-13)7-6-12-18(15-2,16-3)17-4/h5,8-11H,1,6-7,12H2,2-4H3. The Morgan fingerprint density at radius 2 is 1.61 bits per heavy atom. The maximum absolute atomic E-state index is 5.39. The second kappa shape index (κ2) is 7.48. The van der Waals surface area contributed by atoms with Crippen LogP contribution < -0.4 is 0 Å². The van der Waals surface area contributed by atoms with Gasteiger partial charge < -0.3 is 13.3 Å². The molecule has 0 N–H and O–H groups in total. The summed E-state index contributed by atoms with van der Waals surface area (Å²) in [6, 6.07) is 9.25. The summed E-state index contributed by atoms with van der Waals surface area (Å²) in [6.45, 7) is 3.74. The molecule has 0 aliphatic rings. The average molecular weight is 266 g/mol. The first kappa shape index (κ1) is 15.1. The van der Waals surface area contributed by atoms with Crippen LogP contribution in [-0.2, 0) is 19.7 Å². The second-order valence-corrected chi connectivity index (χ2v) is 7.19. The summed E-state index contributed by atoms with van der Waals surface area (Å²) in [6.07, 6.45) is 3.85. The Labute approximate surface area is 111 Å². The first-order valence-electron chi connectivity index (χ1n) is 6.06. The van der Waals surface area contributed by atoms with Gasteiger partial charge in [0.05, 0.1) is 0 Å². The van der Waals surface area contributed by atoms with Gasteiger partial charge in [0.1, 0.15) is 0 Å². The van der Waals surface area contributed by atoms with E-state index in [2.05, 4.69) is 30.8 Å². The molecule has 3 nitrogen and oxygen atoms in total. The molecule has 0 unspecified atom stereocenters. The van der Waals surface area contributed by atoms with Gasteiger partial charge in [-0.1, -0.05) is 36.9 Å². The Kier molecular flexibility index (Phi) is 6.28. The Morgan fingerprint density at radius 3 is 2.06 bits per heavy atom. The van der Waals surface area contributed by atoms with Crippen LogP contribution in [0.4, 0.5) is 0 Å². The zero-order valence-electron chi connectivity index (χ0n) is 11.4. The predicted molar refractivity (Wildman–Crippen MR) is 76.4 cm³/mol. The fraction of sp³-hybridized carbons (Fsp3) is 0.429. The molecule has 0 amide bonds. The number of hydrogen-bond donors (Lipinski definition) is 0. The van der Waals surface area contributed by atoms with Crippen molar-refractivity contribution in [3.8, 4) is 0 Å². The average Bonchev–Trinajstić information content (AvgIpc) is 2.45. The summed E-state index contributed by atoms with van der Waals surface area (Å²) in [7, 11) is 2.55. The van der Waals surface area contributed by atoms with E-state index in [1.165, 1.54) is 5.56 Å². The molecule has 0 radical (unpaired) electrons. The van der Waals surface area contributed by atoms with E-state index < -0.39 is 8.80 Å². The van der Waals surface area contributed by atoms with Gasteiger partial charge in [0, 0.05) is 27.4 Å². The van der Waals surface area contributed by atoms with E-state index in [9.17, 15) is 0 Å². The predicted octanol–water partition coefficient (Wildman–Crippen LogP) is 3.14. The summed E-state index contributed by atoms with van der Waals surface area (Å²) >= 11 is 0. The molecule has 4 heteroatoms. The first-order valence-corrected chi connectivity index (χ1v) is 7.99. The zero-order valence-corrected chi connectivity index (χ0v) is 12.4. The molecule has 0 fully saturated rings. The third-order valence-electron chi connectivity index (χ3n) is 3.10. The third-order valence-corrected chi connectivity index (χ3v) is 5.93. The van der Waals surface area contributed by atoms with Crippen LogP contribution in [0.2, 0.25) is 6.04 Å². The summed E-state index contributed by atoms with van der Waals surface area (Å²) in [4.78, 5) is 0. The number of benzene rings is 1. The Hall–Kier alpha value is -0.943. The summed E-state index contributed by atoms with van der Waals surface area (Å²) in [5, 5.41) is 0. The molecule has 0 heterocycles. The van der Waals surface area contributed by atoms with Gasteiger partial charge in [0.15, 0.2) is 0 Å². The number of rotatable bonds is 8. The van der Waals surface area contributed by atoms with E-state index in [1.807, 2.05) is 6.08 Å². The molecule has 0 bridgehead atoms. The van der Waals surface area contributed by atoms with Gasteiger partial charge in [-0.3, -0.25) is 0 Å². The Morgan fingerprint density at radius 1 is 1.06 bits per heavy atom. The quantitative estimate of drug-likeness (QED) is 0.677. The maximum atomic E-state index is 5.39. The van der Waals surface area contributed by atoms with Gasteiger partial charge in [-0.15, -0.1) is 0 Å². The molecule has 0 saturated heterocycles. The smallest absolute Gasteiger partial charge is 0.377 e. The fourth-order valence-corrected chi connectivity index (χ4v) is 3.61. The van der Waals surface area contributed by atoms with Gasteiger partial charge >= 0.3 is 8.80 Å². The molecule has 18 heavy (non-hydrogen) atoms. The highest BCUT2D eigenvalue weighted by Crippen LogP contribution is 2.17. The molecule has 1 aromatic carbocycles. The van der Waals surface area contributed by atoms with Crippen LogP contribution in [0, 0.1) is 0 Å². The van der Waals surface area contributed by atoms with E-state index in [-0.39, 0.29) is 0 Å². The van der Waals surface area contributed by atoms with E-state index in [1.54, 1.807) is 21.3 Å². The molecule has 1 rings (SSSR count). The van der Waals surface area contributed by atoms with Crippen LogP contribution in [0.25, 0.3) is 6.08 Å². The first-order chi connectivity index (χ1) is 8.69. The molecule has 0 aliphatic carbocycles. The minimum Gasteiger partial charge on any atom is -0.377 e. The van der Waals surface area contributed by atoms with Crippen molar-refractivity contribution in [2.45, 2.75) is 18.9 Å².